The number of rotatable bonds is 6. The molecule has 0 saturated heterocycles. The standard InChI is InChI=1S/C53H32N2O3/c1-2-11-36(12-3-1)53-54-47-32-50-46(31-51(47)58-53)44-18-9-17-42(52(44)57-50)35-22-26-38(27-23-35)55(39-28-29-49-45(30-39)43-15-6-7-19-48(43)56-49)37-24-20-34(21-25-37)41-16-8-13-33-10-4-5-14-40(33)41/h1-32H. The fraction of sp³-hybridized carbons (Fsp3) is 0. The average Bonchev–Trinajstić information content (AvgIpc) is 3.99. The second-order valence-electron chi connectivity index (χ2n) is 14.7. The molecule has 3 aromatic heterocycles. The molecule has 3 heterocycles. The van der Waals surface area contributed by atoms with Crippen LogP contribution in [-0.4, -0.2) is 4.98 Å². The predicted molar refractivity (Wildman–Crippen MR) is 237 cm³/mol. The van der Waals surface area contributed by atoms with E-state index in [0.29, 0.717) is 5.89 Å². The van der Waals surface area contributed by atoms with Crippen molar-refractivity contribution in [3.8, 4) is 33.7 Å². The molecular weight excluding hydrogens is 713 g/mol. The highest BCUT2D eigenvalue weighted by atomic mass is 16.4. The molecule has 0 fully saturated rings. The van der Waals surface area contributed by atoms with Crippen LogP contribution in [0.15, 0.2) is 207 Å². The molecule has 0 aliphatic heterocycles. The minimum absolute atomic E-state index is 0.598. The van der Waals surface area contributed by atoms with Crippen LogP contribution in [0.4, 0.5) is 17.1 Å². The largest absolute Gasteiger partial charge is 0.456 e. The van der Waals surface area contributed by atoms with Crippen molar-refractivity contribution in [1.29, 1.82) is 0 Å². The third-order valence-corrected chi connectivity index (χ3v) is 11.3. The van der Waals surface area contributed by atoms with E-state index in [0.717, 1.165) is 88.7 Å². The minimum Gasteiger partial charge on any atom is -0.456 e. The van der Waals surface area contributed by atoms with Gasteiger partial charge in [-0.25, -0.2) is 4.98 Å². The van der Waals surface area contributed by atoms with Gasteiger partial charge in [-0.2, -0.15) is 0 Å². The highest BCUT2D eigenvalue weighted by Gasteiger charge is 2.19. The first-order chi connectivity index (χ1) is 28.7. The van der Waals surface area contributed by atoms with Crippen molar-refractivity contribution in [3.05, 3.63) is 194 Å². The van der Waals surface area contributed by atoms with Gasteiger partial charge in [-0.3, -0.25) is 0 Å². The second kappa shape index (κ2) is 12.8. The van der Waals surface area contributed by atoms with Crippen LogP contribution in [0.2, 0.25) is 0 Å². The molecular formula is C53H32N2O3. The van der Waals surface area contributed by atoms with Gasteiger partial charge in [-0.05, 0) is 94.2 Å². The molecule has 0 aliphatic carbocycles. The van der Waals surface area contributed by atoms with E-state index >= 15 is 0 Å². The number of benzene rings is 9. The normalized spacial score (nSPS) is 11.8. The monoisotopic (exact) mass is 744 g/mol. The molecule has 0 amide bonds. The molecule has 0 atom stereocenters. The van der Waals surface area contributed by atoms with Gasteiger partial charge in [0, 0.05) is 55.8 Å². The molecule has 12 rings (SSSR count). The van der Waals surface area contributed by atoms with Gasteiger partial charge in [0.15, 0.2) is 5.58 Å². The lowest BCUT2D eigenvalue weighted by atomic mass is 9.98. The summed E-state index contributed by atoms with van der Waals surface area (Å²) in [6.45, 7) is 0. The van der Waals surface area contributed by atoms with E-state index in [-0.39, 0.29) is 0 Å². The van der Waals surface area contributed by atoms with E-state index in [9.17, 15) is 0 Å². The summed E-state index contributed by atoms with van der Waals surface area (Å²) in [6, 6.07) is 67.7. The number of aromatic nitrogens is 1. The van der Waals surface area contributed by atoms with Gasteiger partial charge in [-0.1, -0.05) is 121 Å². The number of hydrogen-bond acceptors (Lipinski definition) is 5. The lowest BCUT2D eigenvalue weighted by molar-refractivity contribution is 0.620. The Kier molecular flexibility index (Phi) is 7.16. The van der Waals surface area contributed by atoms with Crippen LogP contribution in [-0.2, 0) is 0 Å². The summed E-state index contributed by atoms with van der Waals surface area (Å²) in [4.78, 5) is 7.09. The topological polar surface area (TPSA) is 55.6 Å². The first-order valence-electron chi connectivity index (χ1n) is 19.4. The first-order valence-corrected chi connectivity index (χ1v) is 19.4. The summed E-state index contributed by atoms with van der Waals surface area (Å²) in [6.07, 6.45) is 0. The molecule has 0 bridgehead atoms. The summed E-state index contributed by atoms with van der Waals surface area (Å²) in [7, 11) is 0. The van der Waals surface area contributed by atoms with Gasteiger partial charge >= 0.3 is 0 Å². The summed E-state index contributed by atoms with van der Waals surface area (Å²) in [5, 5.41) is 6.68. The van der Waals surface area contributed by atoms with Crippen molar-refractivity contribution >= 4 is 82.8 Å². The van der Waals surface area contributed by atoms with E-state index in [1.807, 2.05) is 54.6 Å². The predicted octanol–water partition coefficient (Wildman–Crippen LogP) is 15.3. The molecule has 0 N–H and O–H groups in total. The van der Waals surface area contributed by atoms with E-state index in [2.05, 4.69) is 144 Å². The Morgan fingerprint density at radius 2 is 0.966 bits per heavy atom. The average molecular weight is 745 g/mol. The number of oxazole rings is 1. The molecule has 0 saturated carbocycles. The fourth-order valence-electron chi connectivity index (χ4n) is 8.51. The summed E-state index contributed by atoms with van der Waals surface area (Å²) in [5.74, 6) is 0.598. The Morgan fingerprint density at radius 1 is 0.345 bits per heavy atom. The van der Waals surface area contributed by atoms with E-state index in [1.165, 1.54) is 21.9 Å². The van der Waals surface area contributed by atoms with Crippen LogP contribution in [0.25, 0.3) is 99.5 Å². The van der Waals surface area contributed by atoms with Gasteiger partial charge < -0.3 is 18.2 Å². The zero-order valence-electron chi connectivity index (χ0n) is 31.1. The van der Waals surface area contributed by atoms with Gasteiger partial charge in [0.25, 0.3) is 0 Å². The number of hydrogen-bond donors (Lipinski definition) is 0. The number of nitrogens with zero attached hydrogens (tertiary/aromatic N) is 2. The highest BCUT2D eigenvalue weighted by molar-refractivity contribution is 6.12. The van der Waals surface area contributed by atoms with Crippen LogP contribution in [0.5, 0.6) is 0 Å². The van der Waals surface area contributed by atoms with Crippen molar-refractivity contribution in [2.45, 2.75) is 0 Å². The van der Waals surface area contributed by atoms with Crippen LogP contribution in [0.3, 0.4) is 0 Å². The third kappa shape index (κ3) is 5.21. The lowest BCUT2D eigenvalue weighted by Crippen LogP contribution is -2.09. The Bertz CT molecular complexity index is 3500. The van der Waals surface area contributed by atoms with Crippen LogP contribution >= 0.6 is 0 Å². The van der Waals surface area contributed by atoms with Gasteiger partial charge in [0.1, 0.15) is 27.8 Å². The Hall–Kier alpha value is -7.89. The smallest absolute Gasteiger partial charge is 0.227 e. The molecule has 272 valence electrons. The number of fused-ring (bicyclic) bond motifs is 8. The molecule has 0 spiro atoms. The maximum absolute atomic E-state index is 6.62. The molecule has 0 unspecified atom stereocenters. The Labute approximate surface area is 332 Å². The van der Waals surface area contributed by atoms with E-state index in [4.69, 9.17) is 18.2 Å². The number of furan rings is 2. The van der Waals surface area contributed by atoms with Crippen LogP contribution < -0.4 is 4.90 Å². The van der Waals surface area contributed by atoms with Crippen molar-refractivity contribution in [2.75, 3.05) is 4.90 Å². The summed E-state index contributed by atoms with van der Waals surface area (Å²) < 4.78 is 19.1. The zero-order valence-corrected chi connectivity index (χ0v) is 31.1. The minimum atomic E-state index is 0.598. The number of para-hydroxylation sites is 2. The molecule has 5 nitrogen and oxygen atoms in total. The van der Waals surface area contributed by atoms with Gasteiger partial charge in [0.2, 0.25) is 5.89 Å². The molecule has 58 heavy (non-hydrogen) atoms. The van der Waals surface area contributed by atoms with Crippen LogP contribution in [0.1, 0.15) is 0 Å². The first kappa shape index (κ1) is 32.4. The third-order valence-electron chi connectivity index (χ3n) is 11.3. The van der Waals surface area contributed by atoms with Crippen molar-refractivity contribution in [2.24, 2.45) is 0 Å². The summed E-state index contributed by atoms with van der Waals surface area (Å²) >= 11 is 0. The van der Waals surface area contributed by atoms with Gasteiger partial charge in [-0.15, -0.1) is 0 Å². The van der Waals surface area contributed by atoms with Crippen molar-refractivity contribution < 1.29 is 13.3 Å². The van der Waals surface area contributed by atoms with Crippen molar-refractivity contribution in [3.63, 3.8) is 0 Å². The Balaban J connectivity index is 0.952. The zero-order chi connectivity index (χ0) is 38.2. The summed E-state index contributed by atoms with van der Waals surface area (Å²) in [5.41, 5.74) is 13.4. The molecule has 5 heteroatoms. The fourth-order valence-corrected chi connectivity index (χ4v) is 8.51. The highest BCUT2D eigenvalue weighted by Crippen LogP contribution is 2.42. The SMILES string of the molecule is c1ccc(-c2nc3cc4oc5c(-c6ccc(N(c7ccc(-c8cccc9ccccc89)cc7)c7ccc8oc9ccccc9c8c7)cc6)cccc5c4cc3o2)cc1. The maximum Gasteiger partial charge on any atom is 0.227 e. The molecule has 12 aromatic rings. The molecule has 9 aromatic carbocycles. The quantitative estimate of drug-likeness (QED) is 0.170. The maximum atomic E-state index is 6.62. The van der Waals surface area contributed by atoms with Gasteiger partial charge in [0.05, 0.1) is 0 Å². The Morgan fingerprint density at radius 3 is 1.79 bits per heavy atom. The second-order valence-corrected chi connectivity index (χ2v) is 14.7. The molecule has 0 radical (unpaired) electrons. The van der Waals surface area contributed by atoms with Crippen LogP contribution in [0, 0.1) is 0 Å². The number of anilines is 3. The van der Waals surface area contributed by atoms with Crippen molar-refractivity contribution in [1.82, 2.24) is 4.98 Å². The van der Waals surface area contributed by atoms with E-state index in [1.54, 1.807) is 0 Å². The van der Waals surface area contributed by atoms with E-state index < -0.39 is 0 Å². The molecule has 0 aliphatic rings. The lowest BCUT2D eigenvalue weighted by Gasteiger charge is -2.26.